The molecule has 0 aliphatic carbocycles. The fourth-order valence-corrected chi connectivity index (χ4v) is 4.11. The Kier molecular flexibility index (Phi) is 7.48. The zero-order chi connectivity index (χ0) is 22.4. The van der Waals surface area contributed by atoms with Crippen molar-refractivity contribution >= 4 is 34.6 Å². The van der Waals surface area contributed by atoms with Crippen molar-refractivity contribution in [2.75, 3.05) is 26.8 Å². The van der Waals surface area contributed by atoms with E-state index in [1.54, 1.807) is 19.1 Å². The van der Waals surface area contributed by atoms with Gasteiger partial charge < -0.3 is 9.64 Å². The van der Waals surface area contributed by atoms with Crippen molar-refractivity contribution in [1.82, 2.24) is 9.91 Å². The zero-order valence-electron chi connectivity index (χ0n) is 17.4. The van der Waals surface area contributed by atoms with E-state index < -0.39 is 11.0 Å². The van der Waals surface area contributed by atoms with E-state index in [1.807, 2.05) is 17.5 Å². The third-order valence-corrected chi connectivity index (χ3v) is 5.90. The minimum atomic E-state index is -0.481. The molecule has 9 nitrogen and oxygen atoms in total. The van der Waals surface area contributed by atoms with Crippen LogP contribution in [0.15, 0.2) is 46.9 Å². The number of ether oxygens (including phenoxy) is 1. The number of rotatable bonds is 9. The fraction of sp³-hybridized carbons (Fsp3) is 0.381. The summed E-state index contributed by atoms with van der Waals surface area (Å²) in [7, 11) is 1.53. The highest BCUT2D eigenvalue weighted by molar-refractivity contribution is 7.12. The maximum absolute atomic E-state index is 13.2. The van der Waals surface area contributed by atoms with Crippen molar-refractivity contribution in [3.05, 3.63) is 62.3 Å². The van der Waals surface area contributed by atoms with Gasteiger partial charge in [-0.1, -0.05) is 25.1 Å². The molecular weight excluding hydrogens is 420 g/mol. The number of nitrogens with zero attached hydrogens (tertiary/aromatic N) is 4. The van der Waals surface area contributed by atoms with Crippen molar-refractivity contribution in [2.24, 2.45) is 5.10 Å². The molecule has 0 unspecified atom stereocenters. The Morgan fingerprint density at radius 2 is 2.16 bits per heavy atom. The van der Waals surface area contributed by atoms with Gasteiger partial charge in [0.05, 0.1) is 28.2 Å². The molecule has 1 aromatic heterocycles. The van der Waals surface area contributed by atoms with Gasteiger partial charge in [-0.2, -0.15) is 5.10 Å². The van der Waals surface area contributed by atoms with Gasteiger partial charge >= 0.3 is 0 Å². The number of nitro groups is 1. The molecule has 2 aromatic rings. The molecule has 1 atom stereocenters. The number of methoxy groups -OCH3 is 1. The molecule has 10 heteroatoms. The number of benzene rings is 1. The number of thiophene rings is 1. The van der Waals surface area contributed by atoms with Gasteiger partial charge in [0.25, 0.3) is 11.6 Å². The molecule has 1 aliphatic heterocycles. The summed E-state index contributed by atoms with van der Waals surface area (Å²) in [5.74, 6) is -0.500. The fourth-order valence-electron chi connectivity index (χ4n) is 3.39. The topological polar surface area (TPSA) is 105 Å². The van der Waals surface area contributed by atoms with Crippen LogP contribution in [0.2, 0.25) is 0 Å². The summed E-state index contributed by atoms with van der Waals surface area (Å²) < 4.78 is 5.06. The van der Waals surface area contributed by atoms with Crippen molar-refractivity contribution in [2.45, 2.75) is 25.8 Å². The zero-order valence-corrected chi connectivity index (χ0v) is 18.2. The molecule has 0 N–H and O–H groups in total. The number of carbonyl (C=O) groups is 2. The number of nitro benzene ring substituents is 1. The summed E-state index contributed by atoms with van der Waals surface area (Å²) in [5, 5.41) is 19.1. The van der Waals surface area contributed by atoms with Crippen molar-refractivity contribution in [3.63, 3.8) is 0 Å². The summed E-state index contributed by atoms with van der Waals surface area (Å²) in [5.41, 5.74) is 1.32. The summed E-state index contributed by atoms with van der Waals surface area (Å²) in [6, 6.07) is 9.59. The molecule has 31 heavy (non-hydrogen) atoms. The number of carbonyl (C=O) groups excluding carboxylic acids is 2. The highest BCUT2D eigenvalue weighted by atomic mass is 32.1. The molecule has 1 aliphatic rings. The number of amides is 2. The Morgan fingerprint density at radius 1 is 1.35 bits per heavy atom. The van der Waals surface area contributed by atoms with Crippen LogP contribution in [0.25, 0.3) is 0 Å². The molecule has 0 spiro atoms. The average molecular weight is 445 g/mol. The second-order valence-electron chi connectivity index (χ2n) is 7.00. The van der Waals surface area contributed by atoms with Crippen LogP contribution in [0.4, 0.5) is 5.69 Å². The number of hydrogen-bond acceptors (Lipinski definition) is 7. The molecule has 0 fully saturated rings. The van der Waals surface area contributed by atoms with Gasteiger partial charge in [-0.15, -0.1) is 11.3 Å². The lowest BCUT2D eigenvalue weighted by Crippen LogP contribution is -2.42. The first-order chi connectivity index (χ1) is 14.9. The van der Waals surface area contributed by atoms with Gasteiger partial charge in [-0.25, -0.2) is 5.01 Å². The summed E-state index contributed by atoms with van der Waals surface area (Å²) in [6.45, 7) is 2.22. The first-order valence-electron chi connectivity index (χ1n) is 9.89. The third-order valence-electron chi connectivity index (χ3n) is 4.98. The van der Waals surface area contributed by atoms with Crippen LogP contribution < -0.4 is 0 Å². The van der Waals surface area contributed by atoms with Crippen molar-refractivity contribution in [3.8, 4) is 0 Å². The Bertz CT molecular complexity index is 976. The van der Waals surface area contributed by atoms with E-state index in [1.165, 1.54) is 40.5 Å². The maximum atomic E-state index is 13.2. The lowest BCUT2D eigenvalue weighted by atomic mass is 10.0. The second-order valence-corrected chi connectivity index (χ2v) is 7.94. The van der Waals surface area contributed by atoms with Crippen LogP contribution in [0.5, 0.6) is 0 Å². The third kappa shape index (κ3) is 5.33. The Balaban J connectivity index is 1.90. The van der Waals surface area contributed by atoms with Crippen molar-refractivity contribution in [1.29, 1.82) is 0 Å². The minimum absolute atomic E-state index is 0.0441. The Labute approximate surface area is 184 Å². The number of non-ortho nitro benzene ring substituents is 1. The molecule has 0 saturated carbocycles. The van der Waals surface area contributed by atoms with E-state index in [0.717, 1.165) is 10.6 Å². The molecule has 0 bridgehead atoms. The van der Waals surface area contributed by atoms with E-state index in [-0.39, 0.29) is 30.5 Å². The molecular formula is C21H24N4O5S. The number of hydrogen-bond donors (Lipinski definition) is 0. The van der Waals surface area contributed by atoms with Crippen LogP contribution in [0.1, 0.15) is 36.2 Å². The van der Waals surface area contributed by atoms with Gasteiger partial charge in [0.1, 0.15) is 6.54 Å². The van der Waals surface area contributed by atoms with E-state index in [9.17, 15) is 19.7 Å². The monoisotopic (exact) mass is 444 g/mol. The highest BCUT2D eigenvalue weighted by Crippen LogP contribution is 2.35. The Hall–Kier alpha value is -3.11. The lowest BCUT2D eigenvalue weighted by molar-refractivity contribution is -0.385. The van der Waals surface area contributed by atoms with Gasteiger partial charge in [-0.3, -0.25) is 19.7 Å². The molecule has 0 saturated heterocycles. The van der Waals surface area contributed by atoms with Crippen LogP contribution in [-0.2, 0) is 14.3 Å². The molecule has 2 heterocycles. The summed E-state index contributed by atoms with van der Waals surface area (Å²) >= 11 is 1.51. The molecule has 2 amide bonds. The quantitative estimate of drug-likeness (QED) is 0.436. The predicted molar refractivity (Wildman–Crippen MR) is 117 cm³/mol. The first-order valence-corrected chi connectivity index (χ1v) is 10.8. The van der Waals surface area contributed by atoms with Crippen LogP contribution in [-0.4, -0.2) is 59.2 Å². The van der Waals surface area contributed by atoms with E-state index in [0.29, 0.717) is 25.1 Å². The first kappa shape index (κ1) is 22.6. The van der Waals surface area contributed by atoms with Crippen molar-refractivity contribution < 1.29 is 19.2 Å². The largest absolute Gasteiger partial charge is 0.383 e. The molecule has 164 valence electrons. The van der Waals surface area contributed by atoms with Crippen LogP contribution in [0, 0.1) is 10.1 Å². The summed E-state index contributed by atoms with van der Waals surface area (Å²) in [4.78, 5) is 38.7. The van der Waals surface area contributed by atoms with E-state index in [2.05, 4.69) is 5.10 Å². The number of hydrazone groups is 1. The Morgan fingerprint density at radius 3 is 2.81 bits per heavy atom. The predicted octanol–water partition coefficient (Wildman–Crippen LogP) is 3.22. The van der Waals surface area contributed by atoms with Gasteiger partial charge in [0.15, 0.2) is 0 Å². The SMILES string of the molecule is CCC(=O)N(CCOC)CC(=O)N1N=C(c2cccs2)C[C@H]1c1cccc([N+](=O)[O-])c1. The lowest BCUT2D eigenvalue weighted by Gasteiger charge is -2.26. The normalized spacial score (nSPS) is 15.6. The van der Waals surface area contributed by atoms with E-state index >= 15 is 0 Å². The minimum Gasteiger partial charge on any atom is -0.383 e. The smallest absolute Gasteiger partial charge is 0.269 e. The maximum Gasteiger partial charge on any atom is 0.269 e. The molecule has 1 aromatic carbocycles. The summed E-state index contributed by atoms with van der Waals surface area (Å²) in [6.07, 6.45) is 0.711. The van der Waals surface area contributed by atoms with E-state index in [4.69, 9.17) is 4.74 Å². The van der Waals surface area contributed by atoms with Gasteiger partial charge in [0, 0.05) is 38.6 Å². The highest BCUT2D eigenvalue weighted by Gasteiger charge is 2.35. The second kappa shape index (κ2) is 10.3. The standard InChI is InChI=1S/C21H24N4O5S/c1-3-20(26)23(9-10-30-2)14-21(27)24-18(13-17(22-24)19-8-5-11-31-19)15-6-4-7-16(12-15)25(28)29/h4-8,11-12,18H,3,9-10,13-14H2,1-2H3/t18-/m0/s1. The average Bonchev–Trinajstić information content (AvgIpc) is 3.46. The van der Waals surface area contributed by atoms with Crippen LogP contribution >= 0.6 is 11.3 Å². The van der Waals surface area contributed by atoms with Gasteiger partial charge in [0.2, 0.25) is 5.91 Å². The molecule has 0 radical (unpaired) electrons. The van der Waals surface area contributed by atoms with Crippen LogP contribution in [0.3, 0.4) is 0 Å². The van der Waals surface area contributed by atoms with Gasteiger partial charge in [-0.05, 0) is 17.0 Å². The molecule has 3 rings (SSSR count).